The van der Waals surface area contributed by atoms with Crippen molar-refractivity contribution in [2.45, 2.75) is 13.3 Å². The number of rotatable bonds is 3. The molecule has 13 heavy (non-hydrogen) atoms. The zero-order valence-corrected chi connectivity index (χ0v) is 8.87. The molecule has 0 radical (unpaired) electrons. The van der Waals surface area contributed by atoms with Gasteiger partial charge in [0.1, 0.15) is 0 Å². The van der Waals surface area contributed by atoms with Crippen molar-refractivity contribution in [1.82, 2.24) is 4.98 Å². The van der Waals surface area contributed by atoms with Crippen LogP contribution in [0.1, 0.15) is 12.6 Å². The van der Waals surface area contributed by atoms with Gasteiger partial charge in [0.05, 0.1) is 5.69 Å². The lowest BCUT2D eigenvalue weighted by molar-refractivity contribution is -0.114. The predicted octanol–water partition coefficient (Wildman–Crippen LogP) is 1.02. The maximum Gasteiger partial charge on any atom is 0.223 e. The standard InChI is InChI=1S/C7H11N3OS.ClH/c1-5(11)9-7-10-6(2-3-8)4-12-7;/h4H,2-3,8H2,1H3,(H,9,10,11);1H. The van der Waals surface area contributed by atoms with Crippen LogP contribution in [0.3, 0.4) is 0 Å². The molecular formula is C7H12ClN3OS. The van der Waals surface area contributed by atoms with Gasteiger partial charge in [0.2, 0.25) is 5.91 Å². The van der Waals surface area contributed by atoms with E-state index in [4.69, 9.17) is 5.73 Å². The van der Waals surface area contributed by atoms with E-state index in [9.17, 15) is 4.79 Å². The van der Waals surface area contributed by atoms with Crippen molar-refractivity contribution in [2.24, 2.45) is 5.73 Å². The Balaban J connectivity index is 0.00000144. The fourth-order valence-electron chi connectivity index (χ4n) is 0.778. The number of thiazole rings is 1. The van der Waals surface area contributed by atoms with Crippen molar-refractivity contribution in [3.05, 3.63) is 11.1 Å². The molecule has 0 saturated carbocycles. The van der Waals surface area contributed by atoms with Crippen LogP contribution < -0.4 is 11.1 Å². The van der Waals surface area contributed by atoms with E-state index in [-0.39, 0.29) is 18.3 Å². The molecule has 0 unspecified atom stereocenters. The second-order valence-electron chi connectivity index (χ2n) is 2.36. The molecule has 0 aliphatic heterocycles. The van der Waals surface area contributed by atoms with Crippen LogP contribution in [0.25, 0.3) is 0 Å². The SMILES string of the molecule is CC(=O)Nc1nc(CCN)cs1.Cl. The number of nitrogens with one attached hydrogen (secondary N) is 1. The second-order valence-corrected chi connectivity index (χ2v) is 3.22. The van der Waals surface area contributed by atoms with E-state index >= 15 is 0 Å². The third-order valence-corrected chi connectivity index (χ3v) is 2.04. The summed E-state index contributed by atoms with van der Waals surface area (Å²) in [7, 11) is 0. The summed E-state index contributed by atoms with van der Waals surface area (Å²) in [6.07, 6.45) is 0.760. The third-order valence-electron chi connectivity index (χ3n) is 1.24. The number of carbonyl (C=O) groups excluding carboxylic acids is 1. The van der Waals surface area contributed by atoms with Gasteiger partial charge in [-0.25, -0.2) is 4.98 Å². The highest BCUT2D eigenvalue weighted by Gasteiger charge is 2.01. The predicted molar refractivity (Wildman–Crippen MR) is 56.4 cm³/mol. The van der Waals surface area contributed by atoms with Crippen molar-refractivity contribution >= 4 is 34.8 Å². The molecule has 1 amide bonds. The molecule has 3 N–H and O–H groups in total. The molecule has 0 aliphatic carbocycles. The van der Waals surface area contributed by atoms with E-state index in [1.54, 1.807) is 0 Å². The summed E-state index contributed by atoms with van der Waals surface area (Å²) in [4.78, 5) is 14.8. The number of anilines is 1. The highest BCUT2D eigenvalue weighted by atomic mass is 35.5. The minimum atomic E-state index is -0.0938. The van der Waals surface area contributed by atoms with Gasteiger partial charge < -0.3 is 11.1 Å². The molecule has 0 atom stereocenters. The lowest BCUT2D eigenvalue weighted by Crippen LogP contribution is -2.06. The Labute approximate surface area is 87.0 Å². The minimum Gasteiger partial charge on any atom is -0.330 e. The van der Waals surface area contributed by atoms with Crippen molar-refractivity contribution < 1.29 is 4.79 Å². The van der Waals surface area contributed by atoms with Gasteiger partial charge in [0.25, 0.3) is 0 Å². The lowest BCUT2D eigenvalue weighted by atomic mass is 10.3. The topological polar surface area (TPSA) is 68.0 Å². The van der Waals surface area contributed by atoms with E-state index < -0.39 is 0 Å². The number of nitrogens with two attached hydrogens (primary N) is 1. The number of halogens is 1. The summed E-state index contributed by atoms with van der Waals surface area (Å²) in [5.41, 5.74) is 6.28. The fraction of sp³-hybridized carbons (Fsp3) is 0.429. The lowest BCUT2D eigenvalue weighted by Gasteiger charge is -1.93. The van der Waals surface area contributed by atoms with Crippen LogP contribution in [-0.2, 0) is 11.2 Å². The number of hydrogen-bond acceptors (Lipinski definition) is 4. The largest absolute Gasteiger partial charge is 0.330 e. The van der Waals surface area contributed by atoms with Crippen LogP contribution in [0, 0.1) is 0 Å². The van der Waals surface area contributed by atoms with E-state index in [0.717, 1.165) is 12.1 Å². The second kappa shape index (κ2) is 5.90. The maximum absolute atomic E-state index is 10.6. The van der Waals surface area contributed by atoms with Crippen molar-refractivity contribution in [1.29, 1.82) is 0 Å². The van der Waals surface area contributed by atoms with Gasteiger partial charge in [-0.05, 0) is 6.54 Å². The Kier molecular flexibility index (Phi) is 5.61. The fourth-order valence-corrected chi connectivity index (χ4v) is 1.57. The summed E-state index contributed by atoms with van der Waals surface area (Å²) in [6, 6.07) is 0. The monoisotopic (exact) mass is 221 g/mol. The molecule has 1 rings (SSSR count). The first kappa shape index (κ1) is 12.3. The summed E-state index contributed by atoms with van der Waals surface area (Å²) in [5, 5.41) is 5.16. The highest BCUT2D eigenvalue weighted by Crippen LogP contribution is 2.14. The first-order chi connectivity index (χ1) is 5.72. The first-order valence-corrected chi connectivity index (χ1v) is 4.52. The summed E-state index contributed by atoms with van der Waals surface area (Å²) >= 11 is 1.42. The molecule has 74 valence electrons. The van der Waals surface area contributed by atoms with Crippen LogP contribution in [-0.4, -0.2) is 17.4 Å². The third kappa shape index (κ3) is 4.21. The van der Waals surface area contributed by atoms with Gasteiger partial charge in [-0.1, -0.05) is 0 Å². The molecule has 0 fully saturated rings. The number of aromatic nitrogens is 1. The van der Waals surface area contributed by atoms with Gasteiger partial charge in [-0.3, -0.25) is 4.79 Å². The van der Waals surface area contributed by atoms with Crippen LogP contribution in [0.4, 0.5) is 5.13 Å². The molecule has 4 nitrogen and oxygen atoms in total. The molecular weight excluding hydrogens is 210 g/mol. The van der Waals surface area contributed by atoms with Gasteiger partial charge in [0.15, 0.2) is 5.13 Å². The molecule has 1 aromatic heterocycles. The summed E-state index contributed by atoms with van der Waals surface area (Å²) in [5.74, 6) is -0.0938. The molecule has 0 saturated heterocycles. The molecule has 1 aromatic rings. The average Bonchev–Trinajstić information content (AvgIpc) is 2.36. The van der Waals surface area contributed by atoms with Crippen LogP contribution in [0.2, 0.25) is 0 Å². The Morgan fingerprint density at radius 1 is 1.77 bits per heavy atom. The summed E-state index contributed by atoms with van der Waals surface area (Å²) in [6.45, 7) is 2.05. The number of amides is 1. The smallest absolute Gasteiger partial charge is 0.223 e. The zero-order chi connectivity index (χ0) is 8.97. The summed E-state index contributed by atoms with van der Waals surface area (Å²) < 4.78 is 0. The van der Waals surface area contributed by atoms with E-state index in [1.165, 1.54) is 18.3 Å². The van der Waals surface area contributed by atoms with Gasteiger partial charge in [-0.15, -0.1) is 23.7 Å². The molecule has 0 aromatic carbocycles. The molecule has 0 bridgehead atoms. The Hall–Kier alpha value is -0.650. The van der Waals surface area contributed by atoms with Crippen LogP contribution in [0.5, 0.6) is 0 Å². The first-order valence-electron chi connectivity index (χ1n) is 3.64. The Morgan fingerprint density at radius 3 is 3.00 bits per heavy atom. The number of carbonyl (C=O) groups is 1. The quantitative estimate of drug-likeness (QED) is 0.801. The van der Waals surface area contributed by atoms with Crippen molar-refractivity contribution in [2.75, 3.05) is 11.9 Å². The van der Waals surface area contributed by atoms with Gasteiger partial charge in [0, 0.05) is 18.7 Å². The Morgan fingerprint density at radius 2 is 2.46 bits per heavy atom. The minimum absolute atomic E-state index is 0. The van der Waals surface area contributed by atoms with E-state index in [0.29, 0.717) is 11.7 Å². The molecule has 6 heteroatoms. The van der Waals surface area contributed by atoms with Crippen molar-refractivity contribution in [3.63, 3.8) is 0 Å². The number of hydrogen-bond donors (Lipinski definition) is 2. The van der Waals surface area contributed by atoms with E-state index in [2.05, 4.69) is 10.3 Å². The van der Waals surface area contributed by atoms with E-state index in [1.807, 2.05) is 5.38 Å². The van der Waals surface area contributed by atoms with Crippen LogP contribution >= 0.6 is 23.7 Å². The van der Waals surface area contributed by atoms with Crippen LogP contribution in [0.15, 0.2) is 5.38 Å². The maximum atomic E-state index is 10.6. The number of nitrogens with zero attached hydrogens (tertiary/aromatic N) is 1. The molecule has 1 heterocycles. The normalized spacial score (nSPS) is 9.08. The van der Waals surface area contributed by atoms with Gasteiger partial charge >= 0.3 is 0 Å². The van der Waals surface area contributed by atoms with Crippen molar-refractivity contribution in [3.8, 4) is 0 Å². The highest BCUT2D eigenvalue weighted by molar-refractivity contribution is 7.13. The van der Waals surface area contributed by atoms with Gasteiger partial charge in [-0.2, -0.15) is 0 Å². The molecule has 0 spiro atoms. The zero-order valence-electron chi connectivity index (χ0n) is 7.24. The molecule has 0 aliphatic rings. The Bertz CT molecular complexity index is 276. The average molecular weight is 222 g/mol.